The van der Waals surface area contributed by atoms with Crippen molar-refractivity contribution in [3.05, 3.63) is 86.0 Å². The first kappa shape index (κ1) is 30.4. The predicted octanol–water partition coefficient (Wildman–Crippen LogP) is 3.12. The number of ketones is 1. The molecule has 0 amide bonds. The van der Waals surface area contributed by atoms with E-state index in [-0.39, 0.29) is 18.0 Å². The molecule has 1 aliphatic rings. The van der Waals surface area contributed by atoms with Crippen molar-refractivity contribution in [2.24, 2.45) is 34.8 Å². The SMILES string of the molecule is CCN(CCn1cc[n+](C)c1)c1ccc(N=C2CC(=O)C(N)=NC2=Nc2ccc(N(CC)CCn3cc[n+](C)c3)cc2)cc1. The van der Waals surface area contributed by atoms with E-state index in [2.05, 4.69) is 87.1 Å². The van der Waals surface area contributed by atoms with Crippen LogP contribution < -0.4 is 24.7 Å². The van der Waals surface area contributed by atoms with Crippen molar-refractivity contribution in [1.82, 2.24) is 9.13 Å². The number of aromatic nitrogens is 4. The van der Waals surface area contributed by atoms with Crippen molar-refractivity contribution in [3.63, 3.8) is 0 Å². The lowest BCUT2D eigenvalue weighted by Crippen LogP contribution is -2.35. The van der Waals surface area contributed by atoms with E-state index in [0.29, 0.717) is 11.5 Å². The Hall–Kier alpha value is -5.06. The molecule has 0 spiro atoms. The van der Waals surface area contributed by atoms with Crippen molar-refractivity contribution in [3.8, 4) is 0 Å². The molecule has 11 nitrogen and oxygen atoms in total. The molecule has 0 aliphatic carbocycles. The van der Waals surface area contributed by atoms with Crippen LogP contribution in [0, 0.1) is 0 Å². The fourth-order valence-electron chi connectivity index (χ4n) is 5.18. The minimum Gasteiger partial charge on any atom is -0.381 e. The Bertz CT molecular complexity index is 1660. The number of amidine groups is 2. The van der Waals surface area contributed by atoms with Gasteiger partial charge >= 0.3 is 0 Å². The standard InChI is InChI=1S/C33H42N10O/c1-5-42(21-19-40-17-15-38(3)24-40)28-11-7-26(8-12-28)35-30-23-31(44)32(34)37-33(30)36-27-9-13-29(14-10-27)43(6-2)22-20-41-18-16-39(4)25-41/h7-18,24-25H,5-6,19-23H2,1-4H3,(H2,34,36,37)/q+2. The van der Waals surface area contributed by atoms with Crippen LogP contribution in [0.4, 0.5) is 22.7 Å². The average molecular weight is 595 g/mol. The summed E-state index contributed by atoms with van der Waals surface area (Å²) in [6.45, 7) is 9.65. The van der Waals surface area contributed by atoms with E-state index in [1.807, 2.05) is 59.9 Å². The Morgan fingerprint density at radius 3 is 1.70 bits per heavy atom. The van der Waals surface area contributed by atoms with Gasteiger partial charge in [0.05, 0.1) is 50.7 Å². The number of anilines is 2. The fourth-order valence-corrected chi connectivity index (χ4v) is 5.18. The van der Waals surface area contributed by atoms with Gasteiger partial charge in [0.15, 0.2) is 11.7 Å². The molecule has 0 fully saturated rings. The predicted molar refractivity (Wildman–Crippen MR) is 175 cm³/mol. The van der Waals surface area contributed by atoms with Crippen LogP contribution in [0.1, 0.15) is 20.3 Å². The first-order chi connectivity index (χ1) is 21.3. The zero-order valence-electron chi connectivity index (χ0n) is 26.0. The minimum atomic E-state index is -0.250. The number of carbonyl (C=O) groups is 1. The highest BCUT2D eigenvalue weighted by atomic mass is 16.1. The van der Waals surface area contributed by atoms with E-state index in [0.717, 1.165) is 62.0 Å². The molecule has 3 heterocycles. The van der Waals surface area contributed by atoms with E-state index >= 15 is 0 Å². The molecule has 44 heavy (non-hydrogen) atoms. The van der Waals surface area contributed by atoms with Gasteiger partial charge in [-0.1, -0.05) is 0 Å². The van der Waals surface area contributed by atoms with Gasteiger partial charge in [0.2, 0.25) is 18.4 Å². The molecule has 1 aliphatic heterocycles. The molecule has 228 valence electrons. The maximum Gasteiger partial charge on any atom is 0.243 e. The van der Waals surface area contributed by atoms with Gasteiger partial charge in [-0.3, -0.25) is 4.79 Å². The highest BCUT2D eigenvalue weighted by Crippen LogP contribution is 2.24. The fraction of sp³-hybridized carbons (Fsp3) is 0.333. The molecule has 2 aromatic heterocycles. The van der Waals surface area contributed by atoms with Gasteiger partial charge in [-0.05, 0) is 62.4 Å². The van der Waals surface area contributed by atoms with Gasteiger partial charge in [-0.25, -0.2) is 33.2 Å². The van der Waals surface area contributed by atoms with Crippen LogP contribution in [-0.2, 0) is 32.0 Å². The second-order valence-corrected chi connectivity index (χ2v) is 10.9. The lowest BCUT2D eigenvalue weighted by molar-refractivity contribution is -0.671. The van der Waals surface area contributed by atoms with Crippen molar-refractivity contribution in [2.75, 3.05) is 36.0 Å². The number of hydrogen-bond acceptors (Lipinski definition) is 6. The summed E-state index contributed by atoms with van der Waals surface area (Å²) in [5.74, 6) is 0.0713. The average Bonchev–Trinajstić information content (AvgIpc) is 3.64. The summed E-state index contributed by atoms with van der Waals surface area (Å²) in [5, 5.41) is 0. The first-order valence-corrected chi connectivity index (χ1v) is 15.1. The molecule has 0 unspecified atom stereocenters. The first-order valence-electron chi connectivity index (χ1n) is 15.1. The summed E-state index contributed by atoms with van der Waals surface area (Å²) in [6, 6.07) is 16.1. The molecule has 11 heteroatoms. The monoisotopic (exact) mass is 594 g/mol. The number of aliphatic imine (C=N–C) groups is 3. The molecular formula is C33H42N10O+2. The molecule has 0 saturated carbocycles. The van der Waals surface area contributed by atoms with Crippen LogP contribution in [0.15, 0.2) is 101 Å². The van der Waals surface area contributed by atoms with Crippen LogP contribution in [0.5, 0.6) is 0 Å². The highest BCUT2D eigenvalue weighted by Gasteiger charge is 2.23. The number of carbonyl (C=O) groups excluding carboxylic acids is 1. The summed E-state index contributed by atoms with van der Waals surface area (Å²) in [4.78, 5) is 31.0. The Balaban J connectivity index is 1.30. The number of nitrogens with two attached hydrogens (primary N) is 1. The number of rotatable bonds is 12. The maximum absolute atomic E-state index is 12.5. The molecule has 5 rings (SSSR count). The number of benzene rings is 2. The molecule has 2 N–H and O–H groups in total. The number of Topliss-reactive ketones (excluding diaryl/α,β-unsaturated/α-hetero) is 1. The Labute approximate surface area is 258 Å². The van der Waals surface area contributed by atoms with Gasteiger partial charge in [-0.15, -0.1) is 0 Å². The minimum absolute atomic E-state index is 0.0416. The third kappa shape index (κ3) is 7.66. The van der Waals surface area contributed by atoms with Gasteiger partial charge in [0.1, 0.15) is 37.9 Å². The van der Waals surface area contributed by atoms with E-state index in [9.17, 15) is 4.79 Å². The van der Waals surface area contributed by atoms with Crippen molar-refractivity contribution < 1.29 is 13.9 Å². The largest absolute Gasteiger partial charge is 0.381 e. The molecule has 0 atom stereocenters. The molecular weight excluding hydrogens is 552 g/mol. The van der Waals surface area contributed by atoms with Gasteiger partial charge in [-0.2, -0.15) is 0 Å². The summed E-state index contributed by atoms with van der Waals surface area (Å²) in [6.07, 6.45) is 12.4. The lowest BCUT2D eigenvalue weighted by Gasteiger charge is -2.22. The molecule has 0 radical (unpaired) electrons. The van der Waals surface area contributed by atoms with Gasteiger partial charge < -0.3 is 15.5 Å². The van der Waals surface area contributed by atoms with E-state index in [1.165, 1.54) is 0 Å². The Kier molecular flexibility index (Phi) is 9.63. The molecule has 0 saturated heterocycles. The molecule has 0 bridgehead atoms. The third-order valence-electron chi connectivity index (χ3n) is 7.69. The number of likely N-dealkylation sites (N-methyl/N-ethyl adjacent to an activating group) is 2. The van der Waals surface area contributed by atoms with Crippen LogP contribution >= 0.6 is 0 Å². The van der Waals surface area contributed by atoms with Crippen LogP contribution in [0.3, 0.4) is 0 Å². The van der Waals surface area contributed by atoms with E-state index < -0.39 is 0 Å². The Morgan fingerprint density at radius 1 is 0.795 bits per heavy atom. The van der Waals surface area contributed by atoms with Crippen LogP contribution in [0.2, 0.25) is 0 Å². The third-order valence-corrected chi connectivity index (χ3v) is 7.69. The zero-order chi connectivity index (χ0) is 31.1. The second-order valence-electron chi connectivity index (χ2n) is 10.9. The topological polar surface area (TPSA) is 104 Å². The lowest BCUT2D eigenvalue weighted by atomic mass is 10.1. The number of aryl methyl sites for hydroxylation is 2. The maximum atomic E-state index is 12.5. The molecule has 2 aromatic carbocycles. The van der Waals surface area contributed by atoms with E-state index in [1.54, 1.807) is 0 Å². The summed E-state index contributed by atoms with van der Waals surface area (Å²) < 4.78 is 8.43. The zero-order valence-corrected chi connectivity index (χ0v) is 26.0. The van der Waals surface area contributed by atoms with Crippen LogP contribution in [-0.4, -0.2) is 58.5 Å². The Morgan fingerprint density at radius 2 is 1.27 bits per heavy atom. The summed E-state index contributed by atoms with van der Waals surface area (Å²) in [5.41, 5.74) is 10.1. The van der Waals surface area contributed by atoms with Crippen molar-refractivity contribution in [2.45, 2.75) is 33.4 Å². The smallest absolute Gasteiger partial charge is 0.243 e. The number of nitrogens with zero attached hydrogens (tertiary/aromatic N) is 9. The van der Waals surface area contributed by atoms with Crippen molar-refractivity contribution >= 4 is 45.9 Å². The highest BCUT2D eigenvalue weighted by molar-refractivity contribution is 6.58. The molecule has 4 aromatic rings. The van der Waals surface area contributed by atoms with Gasteiger partial charge in [0, 0.05) is 24.5 Å². The summed E-state index contributed by atoms with van der Waals surface area (Å²) >= 11 is 0. The van der Waals surface area contributed by atoms with Gasteiger partial charge in [0.25, 0.3) is 0 Å². The van der Waals surface area contributed by atoms with E-state index in [4.69, 9.17) is 15.7 Å². The second kappa shape index (κ2) is 13.9. The number of hydrogen-bond donors (Lipinski definition) is 1. The van der Waals surface area contributed by atoms with Crippen molar-refractivity contribution in [1.29, 1.82) is 0 Å². The number of imidazole rings is 2. The normalized spacial score (nSPS) is 15.2. The van der Waals surface area contributed by atoms with Crippen LogP contribution in [0.25, 0.3) is 0 Å². The summed E-state index contributed by atoms with van der Waals surface area (Å²) in [7, 11) is 4.04. The quantitative estimate of drug-likeness (QED) is 0.255.